The van der Waals surface area contributed by atoms with Gasteiger partial charge in [-0.15, -0.1) is 0 Å². The summed E-state index contributed by atoms with van der Waals surface area (Å²) >= 11 is 0. The van der Waals surface area contributed by atoms with Crippen LogP contribution in [-0.2, 0) is 19.1 Å². The Balaban J connectivity index is 1.43. The zero-order valence-corrected chi connectivity index (χ0v) is 22.1. The summed E-state index contributed by atoms with van der Waals surface area (Å²) in [5.74, 6) is 5.80. The highest BCUT2D eigenvalue weighted by atomic mass is 19.4. The summed E-state index contributed by atoms with van der Waals surface area (Å²) in [4.78, 5) is 23.7. The number of carbonyl (C=O) groups is 1. The number of rotatable bonds is 6. The summed E-state index contributed by atoms with van der Waals surface area (Å²) in [6.45, 7) is 2.42. The van der Waals surface area contributed by atoms with Crippen LogP contribution < -0.4 is 0 Å². The third kappa shape index (κ3) is 5.95. The Morgan fingerprint density at radius 3 is 2.65 bits per heavy atom. The molecule has 2 aromatic carbocycles. The summed E-state index contributed by atoms with van der Waals surface area (Å²) in [5.41, 5.74) is 3.54. The number of Topliss-reactive ketones (excluding diaryl/α,β-unsaturated/α-hetero) is 1. The number of hydrogen-bond donors (Lipinski definition) is 0. The lowest BCUT2D eigenvalue weighted by Gasteiger charge is -2.13. The lowest BCUT2D eigenvalue weighted by molar-refractivity contribution is -0.137. The van der Waals surface area contributed by atoms with Gasteiger partial charge in [0.05, 0.1) is 23.8 Å². The SMILES string of the molecule is Cc1ccc(C(=O)Cc2cc(-n3cnc(CN(C)C)c3)cc(C(F)(F)F)c2)cc1C#Cc1cnc2cccnn12. The van der Waals surface area contributed by atoms with Crippen molar-refractivity contribution in [2.24, 2.45) is 0 Å². The molecule has 0 unspecified atom stereocenters. The van der Waals surface area contributed by atoms with Crippen LogP contribution in [0.4, 0.5) is 13.2 Å². The number of ketones is 1. The van der Waals surface area contributed by atoms with Crippen LogP contribution in [0.1, 0.15) is 44.0 Å². The molecule has 7 nitrogen and oxygen atoms in total. The minimum absolute atomic E-state index is 0.205. The van der Waals surface area contributed by atoms with Crippen LogP contribution in [0.15, 0.2) is 73.4 Å². The molecule has 0 N–H and O–H groups in total. The molecule has 0 aliphatic carbocycles. The molecule has 202 valence electrons. The third-order valence-corrected chi connectivity index (χ3v) is 6.24. The van der Waals surface area contributed by atoms with E-state index >= 15 is 0 Å². The molecule has 0 aliphatic rings. The van der Waals surface area contributed by atoms with Gasteiger partial charge in [0.15, 0.2) is 11.4 Å². The number of fused-ring (bicyclic) bond motifs is 1. The van der Waals surface area contributed by atoms with E-state index in [0.717, 1.165) is 17.7 Å². The molecule has 0 amide bonds. The fourth-order valence-electron chi connectivity index (χ4n) is 4.26. The van der Waals surface area contributed by atoms with Gasteiger partial charge in [0.2, 0.25) is 0 Å². The normalized spacial score (nSPS) is 11.6. The molecule has 3 heterocycles. The first-order valence-electron chi connectivity index (χ1n) is 12.4. The van der Waals surface area contributed by atoms with E-state index in [4.69, 9.17) is 0 Å². The summed E-state index contributed by atoms with van der Waals surface area (Å²) < 4.78 is 44.4. The van der Waals surface area contributed by atoms with Crippen molar-refractivity contribution in [2.45, 2.75) is 26.1 Å². The van der Waals surface area contributed by atoms with Crippen molar-refractivity contribution < 1.29 is 18.0 Å². The van der Waals surface area contributed by atoms with E-state index in [-0.39, 0.29) is 23.5 Å². The molecule has 0 bridgehead atoms. The molecule has 0 fully saturated rings. The van der Waals surface area contributed by atoms with Crippen molar-refractivity contribution in [3.63, 3.8) is 0 Å². The Morgan fingerprint density at radius 2 is 1.88 bits per heavy atom. The minimum Gasteiger partial charge on any atom is -0.306 e. The summed E-state index contributed by atoms with van der Waals surface area (Å²) in [5, 5.41) is 4.25. The van der Waals surface area contributed by atoms with E-state index in [1.165, 1.54) is 10.9 Å². The molecular formula is C30H25F3N6O. The van der Waals surface area contributed by atoms with E-state index in [0.29, 0.717) is 34.7 Å². The largest absolute Gasteiger partial charge is 0.416 e. The first kappa shape index (κ1) is 26.8. The average Bonchev–Trinajstić information content (AvgIpc) is 3.54. The number of aromatic nitrogens is 5. The maximum absolute atomic E-state index is 13.8. The Bertz CT molecular complexity index is 1770. The summed E-state index contributed by atoms with van der Waals surface area (Å²) in [7, 11) is 3.76. The van der Waals surface area contributed by atoms with Crippen LogP contribution in [0.2, 0.25) is 0 Å². The molecule has 5 rings (SSSR count). The van der Waals surface area contributed by atoms with Crippen molar-refractivity contribution in [2.75, 3.05) is 14.1 Å². The summed E-state index contributed by atoms with van der Waals surface area (Å²) in [6.07, 6.45) is 1.65. The fourth-order valence-corrected chi connectivity index (χ4v) is 4.26. The zero-order chi connectivity index (χ0) is 28.4. The lowest BCUT2D eigenvalue weighted by Crippen LogP contribution is -2.11. The standard InChI is InChI=1S/C30H25F3N6O/c1-20-6-7-23(14-22(20)8-9-26-16-34-29-5-4-10-36-39(26)29)28(40)13-21-11-24(30(31,32)33)15-27(12-21)38-18-25(35-19-38)17-37(2)3/h4-7,10-12,14-16,18-19H,13,17H2,1-3H3. The van der Waals surface area contributed by atoms with E-state index in [9.17, 15) is 18.0 Å². The maximum atomic E-state index is 13.8. The van der Waals surface area contributed by atoms with E-state index in [1.54, 1.807) is 53.4 Å². The quantitative estimate of drug-likeness (QED) is 0.220. The number of benzene rings is 2. The van der Waals surface area contributed by atoms with E-state index in [2.05, 4.69) is 26.9 Å². The number of halogens is 3. The number of alkyl halides is 3. The predicted molar refractivity (Wildman–Crippen MR) is 144 cm³/mol. The van der Waals surface area contributed by atoms with Gasteiger partial charge < -0.3 is 9.47 Å². The van der Waals surface area contributed by atoms with Gasteiger partial charge in [0.1, 0.15) is 5.69 Å². The molecule has 0 saturated heterocycles. The maximum Gasteiger partial charge on any atom is 0.416 e. The molecule has 0 radical (unpaired) electrons. The Labute approximate surface area is 228 Å². The van der Waals surface area contributed by atoms with Crippen molar-refractivity contribution in [3.05, 3.63) is 113 Å². The van der Waals surface area contributed by atoms with Crippen LogP contribution >= 0.6 is 0 Å². The second kappa shape index (κ2) is 10.8. The van der Waals surface area contributed by atoms with Gasteiger partial charge in [-0.3, -0.25) is 4.79 Å². The second-order valence-electron chi connectivity index (χ2n) is 9.71. The van der Waals surface area contributed by atoms with Crippen LogP contribution in [0.3, 0.4) is 0 Å². The highest BCUT2D eigenvalue weighted by molar-refractivity contribution is 5.98. The van der Waals surface area contributed by atoms with Gasteiger partial charge in [-0.2, -0.15) is 18.3 Å². The minimum atomic E-state index is -4.57. The first-order valence-corrected chi connectivity index (χ1v) is 12.4. The van der Waals surface area contributed by atoms with Gasteiger partial charge >= 0.3 is 6.18 Å². The highest BCUT2D eigenvalue weighted by Crippen LogP contribution is 2.32. The molecule has 0 atom stereocenters. The molecule has 0 spiro atoms. The van der Waals surface area contributed by atoms with Crippen molar-refractivity contribution >= 4 is 11.4 Å². The second-order valence-corrected chi connectivity index (χ2v) is 9.71. The van der Waals surface area contributed by atoms with Crippen molar-refractivity contribution in [1.82, 2.24) is 29.0 Å². The number of aryl methyl sites for hydroxylation is 1. The van der Waals surface area contributed by atoms with Gasteiger partial charge in [0.25, 0.3) is 0 Å². The molecule has 3 aromatic heterocycles. The van der Waals surface area contributed by atoms with E-state index < -0.39 is 11.7 Å². The van der Waals surface area contributed by atoms with E-state index in [1.807, 2.05) is 32.0 Å². The smallest absolute Gasteiger partial charge is 0.306 e. The first-order chi connectivity index (χ1) is 19.1. The van der Waals surface area contributed by atoms with Crippen molar-refractivity contribution in [1.29, 1.82) is 0 Å². The Kier molecular flexibility index (Phi) is 7.24. The topological polar surface area (TPSA) is 68.3 Å². The molecule has 5 aromatic rings. The average molecular weight is 543 g/mol. The van der Waals surface area contributed by atoms with Crippen LogP contribution in [0.25, 0.3) is 11.3 Å². The lowest BCUT2D eigenvalue weighted by atomic mass is 9.97. The highest BCUT2D eigenvalue weighted by Gasteiger charge is 2.31. The van der Waals surface area contributed by atoms with Gasteiger partial charge in [0, 0.05) is 42.2 Å². The van der Waals surface area contributed by atoms with Crippen LogP contribution in [-0.4, -0.2) is 48.9 Å². The Hall–Kier alpha value is -4.75. The Morgan fingerprint density at radius 1 is 1.05 bits per heavy atom. The van der Waals surface area contributed by atoms with Crippen LogP contribution in [0, 0.1) is 18.8 Å². The van der Waals surface area contributed by atoms with Gasteiger partial charge in [-0.1, -0.05) is 18.1 Å². The van der Waals surface area contributed by atoms with Gasteiger partial charge in [-0.05, 0) is 74.5 Å². The van der Waals surface area contributed by atoms with Gasteiger partial charge in [-0.25, -0.2) is 14.5 Å². The van der Waals surface area contributed by atoms with Crippen molar-refractivity contribution in [3.8, 4) is 17.5 Å². The predicted octanol–water partition coefficient (Wildman–Crippen LogP) is 5.13. The molecular weight excluding hydrogens is 517 g/mol. The third-order valence-electron chi connectivity index (χ3n) is 6.24. The number of imidazole rings is 2. The molecule has 40 heavy (non-hydrogen) atoms. The number of nitrogens with zero attached hydrogens (tertiary/aromatic N) is 6. The monoisotopic (exact) mass is 542 g/mol. The molecule has 0 saturated carbocycles. The molecule has 10 heteroatoms. The zero-order valence-electron chi connectivity index (χ0n) is 22.1. The number of hydrogen-bond acceptors (Lipinski definition) is 5. The molecule has 0 aliphatic heterocycles. The summed E-state index contributed by atoms with van der Waals surface area (Å²) in [6, 6.07) is 12.4. The number of carbonyl (C=O) groups excluding carboxylic acids is 1. The van der Waals surface area contributed by atoms with Crippen LogP contribution in [0.5, 0.6) is 0 Å². The fraction of sp³-hybridized carbons (Fsp3) is 0.200.